The Morgan fingerprint density at radius 2 is 1.52 bits per heavy atom. The van der Waals surface area contributed by atoms with Gasteiger partial charge in [-0.1, -0.05) is 47.2 Å². The third-order valence-corrected chi connectivity index (χ3v) is 4.22. The average Bonchev–Trinajstić information content (AvgIpc) is 2.31. The molecular weight excluding hydrogens is 434 g/mol. The molecule has 1 amide bonds. The van der Waals surface area contributed by atoms with E-state index in [2.05, 4.69) is 11.4 Å². The number of anilines is 1. The van der Waals surface area contributed by atoms with Gasteiger partial charge in [-0.15, -0.1) is 11.1 Å². The molecule has 0 unspecified atom stereocenters. The fourth-order valence-electron chi connectivity index (χ4n) is 1.80. The fraction of sp³-hybridized carbons (Fsp3) is 0.588. The van der Waals surface area contributed by atoms with E-state index in [1.807, 2.05) is 55.4 Å². The zero-order valence-electron chi connectivity index (χ0n) is 14.3. The van der Waals surface area contributed by atoms with Gasteiger partial charge in [0.05, 0.1) is 0 Å². The van der Waals surface area contributed by atoms with Crippen LogP contribution in [-0.4, -0.2) is 11.7 Å². The van der Waals surface area contributed by atoms with Crippen molar-refractivity contribution >= 4 is 11.8 Å². The Bertz CT molecular complexity index is 496. The van der Waals surface area contributed by atoms with E-state index < -0.39 is 11.7 Å². The van der Waals surface area contributed by atoms with Gasteiger partial charge in [0, 0.05) is 21.1 Å². The third kappa shape index (κ3) is 4.84. The molecule has 0 saturated heterocycles. The molecule has 3 nitrogen and oxygen atoms in total. The molecule has 0 bridgehead atoms. The molecule has 4 heteroatoms. The van der Waals surface area contributed by atoms with Crippen molar-refractivity contribution in [3.63, 3.8) is 0 Å². The Hall–Kier alpha value is -0.822. The van der Waals surface area contributed by atoms with E-state index in [9.17, 15) is 4.79 Å². The van der Waals surface area contributed by atoms with Gasteiger partial charge in [-0.3, -0.25) is 0 Å². The van der Waals surface area contributed by atoms with Crippen LogP contribution in [0.3, 0.4) is 0 Å². The first-order valence-electron chi connectivity index (χ1n) is 7.06. The molecule has 0 spiro atoms. The van der Waals surface area contributed by atoms with Crippen LogP contribution in [0.1, 0.15) is 49.9 Å². The van der Waals surface area contributed by atoms with Crippen molar-refractivity contribution in [1.29, 1.82) is 0 Å². The maximum Gasteiger partial charge on any atom is 0.410 e. The molecule has 1 N–H and O–H groups in total. The van der Waals surface area contributed by atoms with Crippen LogP contribution in [0.4, 0.5) is 10.5 Å². The standard InChI is InChI=1S/C17H26NO2.W/c1-10(2)17(7,8)20-16(19)18-15-13(5)11(3)9-12(4)14(15)6;/h10H,1-8H3,(H,18,19);/q-1;. The number of carbonyl (C=O) groups excluding carboxylic acids is 1. The number of nitrogens with one attached hydrogen (secondary N) is 1. The summed E-state index contributed by atoms with van der Waals surface area (Å²) in [6.45, 7) is 15.9. The molecule has 0 fully saturated rings. The number of rotatable bonds is 3. The van der Waals surface area contributed by atoms with Crippen molar-refractivity contribution in [1.82, 2.24) is 0 Å². The van der Waals surface area contributed by atoms with Gasteiger partial charge in [-0.05, 0) is 19.8 Å². The minimum atomic E-state index is -0.489. The van der Waals surface area contributed by atoms with Crippen LogP contribution < -0.4 is 5.32 Å². The minimum absolute atomic E-state index is 0. The Labute approximate surface area is 143 Å². The fourth-order valence-corrected chi connectivity index (χ4v) is 1.80. The van der Waals surface area contributed by atoms with Gasteiger partial charge in [0.1, 0.15) is 5.60 Å². The van der Waals surface area contributed by atoms with E-state index in [0.29, 0.717) is 0 Å². The first kappa shape index (κ1) is 20.2. The predicted octanol–water partition coefficient (Wildman–Crippen LogP) is 4.70. The monoisotopic (exact) mass is 460 g/mol. The van der Waals surface area contributed by atoms with Crippen LogP contribution in [-0.2, 0) is 25.8 Å². The van der Waals surface area contributed by atoms with Crippen molar-refractivity contribution in [3.8, 4) is 0 Å². The molecule has 0 atom stereocenters. The second kappa shape index (κ2) is 7.44. The van der Waals surface area contributed by atoms with Crippen LogP contribution >= 0.6 is 0 Å². The predicted molar refractivity (Wildman–Crippen MR) is 83.2 cm³/mol. The van der Waals surface area contributed by atoms with Crippen molar-refractivity contribution < 1.29 is 30.6 Å². The molecule has 0 aliphatic rings. The van der Waals surface area contributed by atoms with Gasteiger partial charge in [-0.2, -0.15) is 17.2 Å². The van der Waals surface area contributed by atoms with Crippen molar-refractivity contribution in [2.75, 3.05) is 5.32 Å². The Kier molecular flexibility index (Phi) is 7.15. The van der Waals surface area contributed by atoms with E-state index in [0.717, 1.165) is 27.9 Å². The average molecular weight is 460 g/mol. The summed E-state index contributed by atoms with van der Waals surface area (Å²) in [6.07, 6.45) is -0.403. The van der Waals surface area contributed by atoms with Gasteiger partial charge in [0.15, 0.2) is 0 Å². The Balaban J connectivity index is 0.00000400. The van der Waals surface area contributed by atoms with Crippen LogP contribution in [0.5, 0.6) is 0 Å². The van der Waals surface area contributed by atoms with E-state index >= 15 is 0 Å². The number of carbonyl (C=O) groups is 1. The van der Waals surface area contributed by atoms with Crippen molar-refractivity contribution in [2.45, 2.75) is 61.0 Å². The Morgan fingerprint density at radius 3 is 1.90 bits per heavy atom. The summed E-state index contributed by atoms with van der Waals surface area (Å²) in [5.41, 5.74) is 4.51. The number of hydrogen-bond donors (Lipinski definition) is 1. The van der Waals surface area contributed by atoms with Gasteiger partial charge >= 0.3 is 6.09 Å². The van der Waals surface area contributed by atoms with Crippen LogP contribution in [0.25, 0.3) is 0 Å². The molecule has 0 saturated carbocycles. The summed E-state index contributed by atoms with van der Waals surface area (Å²) < 4.78 is 5.53. The van der Waals surface area contributed by atoms with Gasteiger partial charge in [0.2, 0.25) is 0 Å². The molecule has 0 radical (unpaired) electrons. The van der Waals surface area contributed by atoms with Crippen molar-refractivity contribution in [2.24, 2.45) is 5.92 Å². The molecule has 1 aromatic rings. The van der Waals surface area contributed by atoms with Gasteiger partial charge in [-0.25, -0.2) is 4.79 Å². The van der Waals surface area contributed by atoms with Crippen LogP contribution in [0.15, 0.2) is 0 Å². The molecule has 21 heavy (non-hydrogen) atoms. The quantitative estimate of drug-likeness (QED) is 0.665. The topological polar surface area (TPSA) is 38.3 Å². The van der Waals surface area contributed by atoms with Crippen LogP contribution in [0.2, 0.25) is 0 Å². The van der Waals surface area contributed by atoms with Gasteiger partial charge < -0.3 is 10.1 Å². The second-order valence-corrected chi connectivity index (χ2v) is 6.27. The number of ether oxygens (including phenoxy) is 1. The molecule has 0 heterocycles. The molecule has 0 aliphatic heterocycles. The molecule has 1 aromatic carbocycles. The number of amides is 1. The zero-order chi connectivity index (χ0) is 15.7. The SMILES string of the molecule is Cc1[c-]c(C)c(C)c(NC(=O)OC(C)(C)C(C)C)c1C.[W]. The summed E-state index contributed by atoms with van der Waals surface area (Å²) in [7, 11) is 0. The molecular formula is C17H26NO2W-. The number of aryl methyl sites for hydroxylation is 2. The first-order chi connectivity index (χ1) is 9.06. The van der Waals surface area contributed by atoms with Crippen molar-refractivity contribution in [3.05, 3.63) is 28.3 Å². The third-order valence-electron chi connectivity index (χ3n) is 4.22. The molecule has 1 rings (SSSR count). The van der Waals surface area contributed by atoms with Crippen LogP contribution in [0, 0.1) is 39.7 Å². The summed E-state index contributed by atoms with van der Waals surface area (Å²) in [6, 6.07) is 3.29. The second-order valence-electron chi connectivity index (χ2n) is 6.27. The smallest absolute Gasteiger partial charge is 0.410 e. The molecule has 0 aliphatic carbocycles. The summed E-state index contributed by atoms with van der Waals surface area (Å²) in [4.78, 5) is 12.1. The van der Waals surface area contributed by atoms with Gasteiger partial charge in [0.25, 0.3) is 0 Å². The van der Waals surface area contributed by atoms with E-state index in [1.54, 1.807) is 0 Å². The number of hydrogen-bond acceptors (Lipinski definition) is 2. The normalized spacial score (nSPS) is 11.1. The van der Waals surface area contributed by atoms with E-state index in [-0.39, 0.29) is 27.0 Å². The summed E-state index contributed by atoms with van der Waals surface area (Å²) >= 11 is 0. The maximum atomic E-state index is 12.1. The number of benzene rings is 1. The molecule has 0 aromatic heterocycles. The summed E-state index contributed by atoms with van der Waals surface area (Å²) in [5.74, 6) is 0.253. The van der Waals surface area contributed by atoms with E-state index in [1.165, 1.54) is 0 Å². The zero-order valence-corrected chi connectivity index (χ0v) is 17.2. The van der Waals surface area contributed by atoms with E-state index in [4.69, 9.17) is 4.74 Å². The minimum Gasteiger partial charge on any atom is -0.443 e. The Morgan fingerprint density at radius 1 is 1.10 bits per heavy atom. The first-order valence-corrected chi connectivity index (χ1v) is 7.06. The molecule has 118 valence electrons. The maximum absolute atomic E-state index is 12.1. The summed E-state index contributed by atoms with van der Waals surface area (Å²) in [5, 5.41) is 2.89. The largest absolute Gasteiger partial charge is 0.443 e.